The number of unbranched alkanes of at least 4 members (excludes halogenated alkanes) is 1. The van der Waals surface area contributed by atoms with E-state index in [0.717, 1.165) is 12.4 Å². The minimum absolute atomic E-state index is 0.679. The van der Waals surface area contributed by atoms with Crippen molar-refractivity contribution in [2.24, 2.45) is 0 Å². The molecule has 0 aliphatic heterocycles. The van der Waals surface area contributed by atoms with E-state index in [2.05, 4.69) is 16.6 Å². The van der Waals surface area contributed by atoms with Crippen LogP contribution < -0.4 is 5.32 Å². The Morgan fingerprint density at radius 2 is 2.29 bits per heavy atom. The fraction of sp³-hybridized carbons (Fsp3) is 0.500. The second kappa shape index (κ2) is 6.96. The predicted octanol–water partition coefficient (Wildman–Crippen LogP) is 3.29. The molecule has 1 N–H and O–H groups in total. The van der Waals surface area contributed by atoms with E-state index in [4.69, 9.17) is 11.6 Å². The number of halogens is 1. The summed E-state index contributed by atoms with van der Waals surface area (Å²) >= 11 is 7.61. The Balaban J connectivity index is 2.15. The molecule has 0 fully saturated rings. The van der Waals surface area contributed by atoms with Crippen molar-refractivity contribution in [3.05, 3.63) is 23.4 Å². The highest BCUT2D eigenvalue weighted by Gasteiger charge is 1.93. The molecule has 0 unspecified atom stereocenters. The van der Waals surface area contributed by atoms with E-state index in [0.29, 0.717) is 5.02 Å². The molecule has 4 heteroatoms. The topological polar surface area (TPSA) is 24.9 Å². The molecule has 0 bridgehead atoms. The van der Waals surface area contributed by atoms with Crippen LogP contribution in [0.15, 0.2) is 18.3 Å². The van der Waals surface area contributed by atoms with Gasteiger partial charge in [0.2, 0.25) is 0 Å². The summed E-state index contributed by atoms with van der Waals surface area (Å²) in [5.74, 6) is 2.13. The van der Waals surface area contributed by atoms with Gasteiger partial charge in [-0.05, 0) is 37.0 Å². The minimum Gasteiger partial charge on any atom is -0.370 e. The lowest BCUT2D eigenvalue weighted by atomic mass is 10.3. The van der Waals surface area contributed by atoms with Crippen molar-refractivity contribution in [1.82, 2.24) is 4.98 Å². The number of rotatable bonds is 6. The van der Waals surface area contributed by atoms with Crippen LogP contribution in [0, 0.1) is 0 Å². The number of aromatic nitrogens is 1. The molecular formula is C10H15ClN2S. The maximum Gasteiger partial charge on any atom is 0.125 e. The van der Waals surface area contributed by atoms with Gasteiger partial charge in [0, 0.05) is 12.7 Å². The van der Waals surface area contributed by atoms with Crippen LogP contribution in [0.4, 0.5) is 5.82 Å². The predicted molar refractivity (Wildman–Crippen MR) is 65.4 cm³/mol. The van der Waals surface area contributed by atoms with Crippen LogP contribution >= 0.6 is 23.4 Å². The molecule has 1 heterocycles. The Morgan fingerprint density at radius 3 is 2.93 bits per heavy atom. The lowest BCUT2D eigenvalue weighted by Gasteiger charge is -2.04. The molecular weight excluding hydrogens is 216 g/mol. The van der Waals surface area contributed by atoms with Crippen LogP contribution in [0.2, 0.25) is 5.02 Å². The molecule has 78 valence electrons. The van der Waals surface area contributed by atoms with Crippen molar-refractivity contribution in [2.75, 3.05) is 23.9 Å². The molecule has 14 heavy (non-hydrogen) atoms. The van der Waals surface area contributed by atoms with Crippen molar-refractivity contribution in [3.8, 4) is 0 Å². The third-order valence-electron chi connectivity index (χ3n) is 1.81. The summed E-state index contributed by atoms with van der Waals surface area (Å²) in [5.41, 5.74) is 0. The maximum atomic E-state index is 5.72. The van der Waals surface area contributed by atoms with E-state index < -0.39 is 0 Å². The molecule has 1 rings (SSSR count). The quantitative estimate of drug-likeness (QED) is 0.760. The van der Waals surface area contributed by atoms with Crippen molar-refractivity contribution < 1.29 is 0 Å². The molecule has 1 aromatic heterocycles. The minimum atomic E-state index is 0.679. The van der Waals surface area contributed by atoms with Gasteiger partial charge in [-0.25, -0.2) is 4.98 Å². The summed E-state index contributed by atoms with van der Waals surface area (Å²) in [6.07, 6.45) is 6.23. The molecule has 0 radical (unpaired) electrons. The van der Waals surface area contributed by atoms with Gasteiger partial charge in [0.1, 0.15) is 5.82 Å². The first-order valence-electron chi connectivity index (χ1n) is 4.67. The number of nitrogens with zero attached hydrogens (tertiary/aromatic N) is 1. The highest BCUT2D eigenvalue weighted by molar-refractivity contribution is 7.98. The molecule has 0 aromatic carbocycles. The fourth-order valence-electron chi connectivity index (χ4n) is 1.07. The van der Waals surface area contributed by atoms with E-state index in [-0.39, 0.29) is 0 Å². The Labute approximate surface area is 94.5 Å². The molecule has 0 saturated carbocycles. The third-order valence-corrected chi connectivity index (χ3v) is 2.73. The third kappa shape index (κ3) is 4.72. The summed E-state index contributed by atoms with van der Waals surface area (Å²) in [5, 5.41) is 3.93. The Kier molecular flexibility index (Phi) is 5.80. The summed E-state index contributed by atoms with van der Waals surface area (Å²) in [6, 6.07) is 3.75. The van der Waals surface area contributed by atoms with Crippen LogP contribution in [0.5, 0.6) is 0 Å². The Hall–Kier alpha value is -0.410. The zero-order valence-electron chi connectivity index (χ0n) is 8.29. The zero-order chi connectivity index (χ0) is 10.2. The van der Waals surface area contributed by atoms with E-state index in [1.165, 1.54) is 18.6 Å². The second-order valence-electron chi connectivity index (χ2n) is 2.99. The Morgan fingerprint density at radius 1 is 1.43 bits per heavy atom. The summed E-state index contributed by atoms with van der Waals surface area (Å²) < 4.78 is 0. The number of nitrogens with one attached hydrogen (secondary N) is 1. The van der Waals surface area contributed by atoms with Crippen LogP contribution in [0.3, 0.4) is 0 Å². The zero-order valence-corrected chi connectivity index (χ0v) is 9.87. The summed E-state index contributed by atoms with van der Waals surface area (Å²) in [7, 11) is 0. The Bertz CT molecular complexity index is 251. The van der Waals surface area contributed by atoms with Gasteiger partial charge in [0.05, 0.1) is 5.02 Å². The SMILES string of the molecule is CSCCCCNc1ccc(Cl)cn1. The maximum absolute atomic E-state index is 5.72. The summed E-state index contributed by atoms with van der Waals surface area (Å²) in [4.78, 5) is 4.15. The van der Waals surface area contributed by atoms with Crippen molar-refractivity contribution >= 4 is 29.2 Å². The standard InChI is InChI=1S/C10H15ClN2S/c1-14-7-3-2-6-12-10-5-4-9(11)8-13-10/h4-5,8H,2-3,6-7H2,1H3,(H,12,13). The first kappa shape index (κ1) is 11.7. The molecule has 0 aliphatic rings. The molecule has 0 atom stereocenters. The number of anilines is 1. The van der Waals surface area contributed by atoms with Gasteiger partial charge in [-0.1, -0.05) is 11.6 Å². The molecule has 0 saturated heterocycles. The van der Waals surface area contributed by atoms with Gasteiger partial charge in [-0.3, -0.25) is 0 Å². The first-order chi connectivity index (χ1) is 6.83. The largest absolute Gasteiger partial charge is 0.370 e. The van der Waals surface area contributed by atoms with E-state index in [1.807, 2.05) is 23.9 Å². The van der Waals surface area contributed by atoms with Crippen molar-refractivity contribution in [3.63, 3.8) is 0 Å². The molecule has 0 amide bonds. The number of hydrogen-bond acceptors (Lipinski definition) is 3. The average Bonchev–Trinajstić information content (AvgIpc) is 2.21. The number of pyridine rings is 1. The smallest absolute Gasteiger partial charge is 0.125 e. The fourth-order valence-corrected chi connectivity index (χ4v) is 1.67. The number of hydrogen-bond donors (Lipinski definition) is 1. The molecule has 1 aromatic rings. The first-order valence-corrected chi connectivity index (χ1v) is 6.44. The van der Waals surface area contributed by atoms with Gasteiger partial charge in [0.15, 0.2) is 0 Å². The van der Waals surface area contributed by atoms with Gasteiger partial charge in [0.25, 0.3) is 0 Å². The molecule has 0 spiro atoms. The highest BCUT2D eigenvalue weighted by atomic mass is 35.5. The lowest BCUT2D eigenvalue weighted by molar-refractivity contribution is 0.840. The van der Waals surface area contributed by atoms with Crippen LogP contribution in [0.25, 0.3) is 0 Å². The highest BCUT2D eigenvalue weighted by Crippen LogP contribution is 2.09. The summed E-state index contributed by atoms with van der Waals surface area (Å²) in [6.45, 7) is 0.981. The molecule has 2 nitrogen and oxygen atoms in total. The lowest BCUT2D eigenvalue weighted by Crippen LogP contribution is -2.03. The van der Waals surface area contributed by atoms with E-state index >= 15 is 0 Å². The van der Waals surface area contributed by atoms with Crippen LogP contribution in [-0.4, -0.2) is 23.5 Å². The van der Waals surface area contributed by atoms with E-state index in [1.54, 1.807) is 6.20 Å². The average molecular weight is 231 g/mol. The number of thioether (sulfide) groups is 1. The van der Waals surface area contributed by atoms with Gasteiger partial charge < -0.3 is 5.32 Å². The van der Waals surface area contributed by atoms with Crippen LogP contribution in [-0.2, 0) is 0 Å². The van der Waals surface area contributed by atoms with Crippen molar-refractivity contribution in [2.45, 2.75) is 12.8 Å². The van der Waals surface area contributed by atoms with Crippen LogP contribution in [0.1, 0.15) is 12.8 Å². The van der Waals surface area contributed by atoms with Gasteiger partial charge in [-0.2, -0.15) is 11.8 Å². The monoisotopic (exact) mass is 230 g/mol. The van der Waals surface area contributed by atoms with E-state index in [9.17, 15) is 0 Å². The van der Waals surface area contributed by atoms with Crippen molar-refractivity contribution in [1.29, 1.82) is 0 Å². The normalized spacial score (nSPS) is 10.1. The van der Waals surface area contributed by atoms with Gasteiger partial charge in [-0.15, -0.1) is 0 Å². The molecule has 0 aliphatic carbocycles. The van der Waals surface area contributed by atoms with Gasteiger partial charge >= 0.3 is 0 Å². The second-order valence-corrected chi connectivity index (χ2v) is 4.41.